The van der Waals surface area contributed by atoms with Crippen LogP contribution in [0.4, 0.5) is 0 Å². The average molecular weight is 162 g/mol. The van der Waals surface area contributed by atoms with Gasteiger partial charge in [-0.05, 0) is 75.0 Å². The van der Waals surface area contributed by atoms with E-state index in [1.807, 2.05) is 0 Å². The molecule has 0 aliphatic heterocycles. The Hall–Kier alpha value is 0. The first-order valence-corrected chi connectivity index (χ1v) is 5.39. The van der Waals surface area contributed by atoms with E-state index in [2.05, 4.69) is 13.8 Å². The molecule has 4 atom stereocenters. The smallest absolute Gasteiger partial charge is 0.0263 e. The topological polar surface area (TPSA) is 0 Å². The predicted octanol–water partition coefficient (Wildman–Crippen LogP) is 3.10. The lowest BCUT2D eigenvalue weighted by Crippen LogP contribution is -2.27. The first kappa shape index (κ1) is 7.41. The van der Waals surface area contributed by atoms with Gasteiger partial charge in [-0.1, -0.05) is 0 Å². The molecule has 3 aliphatic rings. The third-order valence-corrected chi connectivity index (χ3v) is 4.77. The maximum atomic E-state index is 4.32. The lowest BCUT2D eigenvalue weighted by molar-refractivity contribution is 0.190. The van der Waals surface area contributed by atoms with Crippen molar-refractivity contribution >= 4 is 0 Å². The van der Waals surface area contributed by atoms with E-state index in [9.17, 15) is 0 Å². The minimum atomic E-state index is 0.199. The van der Waals surface area contributed by atoms with Gasteiger partial charge in [0.25, 0.3) is 0 Å². The molecule has 0 aromatic rings. The molecule has 0 N–H and O–H groups in total. The van der Waals surface area contributed by atoms with Crippen molar-refractivity contribution in [1.82, 2.24) is 0 Å². The van der Waals surface area contributed by atoms with Crippen molar-refractivity contribution in [2.24, 2.45) is 29.1 Å². The van der Waals surface area contributed by atoms with E-state index >= 15 is 0 Å². The second kappa shape index (κ2) is 2.08. The molecule has 12 heavy (non-hydrogen) atoms. The summed E-state index contributed by atoms with van der Waals surface area (Å²) in [6.07, 6.45) is 7.23. The van der Waals surface area contributed by atoms with Gasteiger partial charge in [-0.3, -0.25) is 0 Å². The average Bonchev–Trinajstić information content (AvgIpc) is 2.61. The normalized spacial score (nSPS) is 54.5. The molecule has 3 rings (SSSR count). The molecule has 66 valence electrons. The SMILES string of the molecule is [CH2]C1([CH2])CCC2C3CCC(C3)C21. The monoisotopic (exact) mass is 162 g/mol. The highest BCUT2D eigenvalue weighted by molar-refractivity contribution is 5.10. The second-order valence-electron chi connectivity index (χ2n) is 5.42. The van der Waals surface area contributed by atoms with Crippen LogP contribution >= 0.6 is 0 Å². The summed E-state index contributed by atoms with van der Waals surface area (Å²) < 4.78 is 0. The van der Waals surface area contributed by atoms with E-state index in [1.54, 1.807) is 0 Å². The van der Waals surface area contributed by atoms with Gasteiger partial charge in [0.15, 0.2) is 0 Å². The highest BCUT2D eigenvalue weighted by atomic mass is 14.6. The van der Waals surface area contributed by atoms with Crippen LogP contribution in [0, 0.1) is 42.9 Å². The molecule has 3 fully saturated rings. The van der Waals surface area contributed by atoms with Crippen LogP contribution in [0.5, 0.6) is 0 Å². The maximum absolute atomic E-state index is 4.32. The summed E-state index contributed by atoms with van der Waals surface area (Å²) in [7, 11) is 0. The van der Waals surface area contributed by atoms with Crippen LogP contribution in [0.2, 0.25) is 0 Å². The van der Waals surface area contributed by atoms with Crippen LogP contribution < -0.4 is 0 Å². The Morgan fingerprint density at radius 1 is 1.00 bits per heavy atom. The van der Waals surface area contributed by atoms with Crippen molar-refractivity contribution in [1.29, 1.82) is 0 Å². The summed E-state index contributed by atoms with van der Waals surface area (Å²) in [5.74, 6) is 4.01. The van der Waals surface area contributed by atoms with E-state index in [0.29, 0.717) is 0 Å². The van der Waals surface area contributed by atoms with Gasteiger partial charge in [-0.15, -0.1) is 0 Å². The van der Waals surface area contributed by atoms with Crippen molar-refractivity contribution in [2.45, 2.75) is 32.1 Å². The third kappa shape index (κ3) is 0.744. The standard InChI is InChI=1S/C12H18/c1-12(2)6-5-10-8-3-4-9(7-8)11(10)12/h8-11H,1-7H2. The van der Waals surface area contributed by atoms with Gasteiger partial charge < -0.3 is 0 Å². The fourth-order valence-corrected chi connectivity index (χ4v) is 4.40. The van der Waals surface area contributed by atoms with Crippen molar-refractivity contribution in [2.75, 3.05) is 0 Å². The summed E-state index contributed by atoms with van der Waals surface area (Å²) >= 11 is 0. The molecule has 0 heterocycles. The maximum Gasteiger partial charge on any atom is -0.0263 e. The number of fused-ring (bicyclic) bond motifs is 5. The van der Waals surface area contributed by atoms with E-state index in [1.165, 1.54) is 32.1 Å². The van der Waals surface area contributed by atoms with Gasteiger partial charge in [0.05, 0.1) is 0 Å². The zero-order valence-corrected chi connectivity index (χ0v) is 7.76. The second-order valence-corrected chi connectivity index (χ2v) is 5.42. The Morgan fingerprint density at radius 3 is 2.50 bits per heavy atom. The fourth-order valence-electron chi connectivity index (χ4n) is 4.40. The molecule has 3 aliphatic carbocycles. The number of hydrogen-bond acceptors (Lipinski definition) is 0. The summed E-state index contributed by atoms with van der Waals surface area (Å²) in [6.45, 7) is 8.64. The molecule has 0 heteroatoms. The summed E-state index contributed by atoms with van der Waals surface area (Å²) in [4.78, 5) is 0. The van der Waals surface area contributed by atoms with Gasteiger partial charge in [0.1, 0.15) is 0 Å². The minimum Gasteiger partial charge on any atom is -0.0499 e. The van der Waals surface area contributed by atoms with Gasteiger partial charge >= 0.3 is 0 Å². The molecule has 0 nitrogen and oxygen atoms in total. The van der Waals surface area contributed by atoms with Crippen LogP contribution in [0.3, 0.4) is 0 Å². The molecule has 2 radical (unpaired) electrons. The molecule has 0 spiro atoms. The van der Waals surface area contributed by atoms with Crippen molar-refractivity contribution in [3.63, 3.8) is 0 Å². The predicted molar refractivity (Wildman–Crippen MR) is 50.2 cm³/mol. The first-order valence-electron chi connectivity index (χ1n) is 5.39. The minimum absolute atomic E-state index is 0.199. The van der Waals surface area contributed by atoms with Gasteiger partial charge in [-0.25, -0.2) is 0 Å². The Morgan fingerprint density at radius 2 is 1.75 bits per heavy atom. The Balaban J connectivity index is 1.95. The van der Waals surface area contributed by atoms with Crippen molar-refractivity contribution < 1.29 is 0 Å². The highest BCUT2D eigenvalue weighted by Crippen LogP contribution is 2.64. The molecular weight excluding hydrogens is 144 g/mol. The molecule has 2 bridgehead atoms. The Kier molecular flexibility index (Phi) is 1.28. The first-order chi connectivity index (χ1) is 5.68. The summed E-state index contributed by atoms with van der Waals surface area (Å²) in [6, 6.07) is 0. The molecular formula is C12H18. The third-order valence-electron chi connectivity index (χ3n) is 4.77. The quantitative estimate of drug-likeness (QED) is 0.513. The molecule has 0 amide bonds. The number of hydrogen-bond donors (Lipinski definition) is 0. The van der Waals surface area contributed by atoms with Gasteiger partial charge in [0.2, 0.25) is 0 Å². The van der Waals surface area contributed by atoms with Crippen LogP contribution in [0.1, 0.15) is 32.1 Å². The van der Waals surface area contributed by atoms with Crippen LogP contribution in [-0.2, 0) is 0 Å². The molecule has 0 aromatic heterocycles. The van der Waals surface area contributed by atoms with Crippen LogP contribution in [-0.4, -0.2) is 0 Å². The van der Waals surface area contributed by atoms with Crippen molar-refractivity contribution in [3.05, 3.63) is 13.8 Å². The van der Waals surface area contributed by atoms with Crippen LogP contribution in [0.15, 0.2) is 0 Å². The molecule has 3 saturated carbocycles. The fraction of sp³-hybridized carbons (Fsp3) is 0.833. The molecule has 0 aromatic carbocycles. The highest BCUT2D eigenvalue weighted by Gasteiger charge is 2.56. The van der Waals surface area contributed by atoms with E-state index in [4.69, 9.17) is 0 Å². The lowest BCUT2D eigenvalue weighted by atomic mass is 9.71. The molecule has 4 unspecified atom stereocenters. The zero-order chi connectivity index (χ0) is 8.34. The Labute approximate surface area is 75.7 Å². The largest absolute Gasteiger partial charge is 0.0499 e. The van der Waals surface area contributed by atoms with E-state index in [0.717, 1.165) is 23.7 Å². The van der Waals surface area contributed by atoms with E-state index in [-0.39, 0.29) is 5.41 Å². The lowest BCUT2D eigenvalue weighted by Gasteiger charge is -2.33. The molecule has 0 saturated heterocycles. The Bertz CT molecular complexity index is 204. The summed E-state index contributed by atoms with van der Waals surface area (Å²) in [5.41, 5.74) is 0.199. The zero-order valence-electron chi connectivity index (χ0n) is 7.76. The number of rotatable bonds is 0. The van der Waals surface area contributed by atoms with Gasteiger partial charge in [0, 0.05) is 0 Å². The van der Waals surface area contributed by atoms with Crippen LogP contribution in [0.25, 0.3) is 0 Å². The van der Waals surface area contributed by atoms with E-state index < -0.39 is 0 Å². The van der Waals surface area contributed by atoms with Gasteiger partial charge in [-0.2, -0.15) is 0 Å². The summed E-state index contributed by atoms with van der Waals surface area (Å²) in [5, 5.41) is 0. The van der Waals surface area contributed by atoms with Crippen molar-refractivity contribution in [3.8, 4) is 0 Å².